The van der Waals surface area contributed by atoms with Gasteiger partial charge in [0.15, 0.2) is 17.5 Å². The Labute approximate surface area is 265 Å². The zero-order chi connectivity index (χ0) is 30.3. The van der Waals surface area contributed by atoms with Crippen LogP contribution in [0.4, 0.5) is 0 Å². The molecule has 0 N–H and O–H groups in total. The lowest BCUT2D eigenvalue weighted by molar-refractivity contribution is -0.197. The molecule has 0 radical (unpaired) electrons. The van der Waals surface area contributed by atoms with Crippen molar-refractivity contribution >= 4 is 11.2 Å². The maximum atomic E-state index is 6.55. The lowest BCUT2D eigenvalue weighted by Gasteiger charge is -2.41. The van der Waals surface area contributed by atoms with Crippen LogP contribution in [-0.2, 0) is 14.2 Å². The van der Waals surface area contributed by atoms with Crippen LogP contribution in [0.15, 0.2) is 73.3 Å². The number of imidazole rings is 1. The van der Waals surface area contributed by atoms with Crippen LogP contribution >= 0.6 is 0 Å². The van der Waals surface area contributed by atoms with Crippen LogP contribution in [0.1, 0.15) is 61.9 Å². The Kier molecular flexibility index (Phi) is 9.94. The minimum absolute atomic E-state index is 0.0481. The molecule has 7 rings (SSSR count). The van der Waals surface area contributed by atoms with Crippen molar-refractivity contribution in [2.24, 2.45) is 0 Å². The maximum Gasteiger partial charge on any atom is 0.245 e. The van der Waals surface area contributed by atoms with E-state index in [2.05, 4.69) is 85.4 Å². The van der Waals surface area contributed by atoms with E-state index in [1.807, 2.05) is 4.57 Å². The van der Waals surface area contributed by atoms with Crippen LogP contribution in [0.25, 0.3) is 11.2 Å². The van der Waals surface area contributed by atoms with Gasteiger partial charge < -0.3 is 18.9 Å². The smallest absolute Gasteiger partial charge is 0.245 e. The van der Waals surface area contributed by atoms with Gasteiger partial charge in [0.2, 0.25) is 5.88 Å². The predicted octanol–water partition coefficient (Wildman–Crippen LogP) is 5.22. The fraction of sp³-hybridized carbons (Fsp3) is 0.514. The third-order valence-corrected chi connectivity index (χ3v) is 9.14. The molecule has 2 aromatic carbocycles. The monoisotopic (exact) mass is 612 g/mol. The lowest BCUT2D eigenvalue weighted by Crippen LogP contribution is -2.51. The molecule has 0 amide bonds. The Morgan fingerprint density at radius 1 is 0.778 bits per heavy atom. The third kappa shape index (κ3) is 7.37. The number of fused-ring (bicyclic) bond motifs is 1. The van der Waals surface area contributed by atoms with Gasteiger partial charge in [0.05, 0.1) is 12.4 Å². The highest BCUT2D eigenvalue weighted by atomic mass is 16.7. The van der Waals surface area contributed by atoms with E-state index in [1.54, 1.807) is 12.7 Å². The van der Waals surface area contributed by atoms with Crippen molar-refractivity contribution in [3.05, 3.63) is 84.4 Å². The summed E-state index contributed by atoms with van der Waals surface area (Å²) < 4.78 is 26.9. The molecule has 3 aliphatic rings. The van der Waals surface area contributed by atoms with Gasteiger partial charge in [0.25, 0.3) is 0 Å². The van der Waals surface area contributed by atoms with Crippen LogP contribution in [-0.4, -0.2) is 94.3 Å². The van der Waals surface area contributed by atoms with Crippen LogP contribution in [0.5, 0.6) is 5.88 Å². The Bertz CT molecular complexity index is 1430. The molecule has 0 spiro atoms. The second-order valence-corrected chi connectivity index (χ2v) is 12.2. The highest BCUT2D eigenvalue weighted by Crippen LogP contribution is 2.31. The minimum atomic E-state index is -0.206. The number of nitrogens with zero attached hydrogens (tertiary/aromatic N) is 6. The van der Waals surface area contributed by atoms with Crippen LogP contribution in [0.2, 0.25) is 0 Å². The van der Waals surface area contributed by atoms with Gasteiger partial charge in [-0.2, -0.15) is 4.98 Å². The summed E-state index contributed by atoms with van der Waals surface area (Å²) >= 11 is 0. The summed E-state index contributed by atoms with van der Waals surface area (Å²) in [6.07, 6.45) is 9.20. The number of aromatic nitrogens is 4. The first-order valence-corrected chi connectivity index (χ1v) is 16.6. The lowest BCUT2D eigenvalue weighted by atomic mass is 9.96. The molecule has 5 heterocycles. The van der Waals surface area contributed by atoms with E-state index in [1.165, 1.54) is 11.1 Å². The molecule has 3 atom stereocenters. The van der Waals surface area contributed by atoms with Crippen LogP contribution in [0.3, 0.4) is 0 Å². The number of piperazine rings is 1. The highest BCUT2D eigenvalue weighted by Gasteiger charge is 2.29. The molecular weight excluding hydrogens is 568 g/mol. The maximum absolute atomic E-state index is 6.55. The number of ether oxygens (including phenoxy) is 4. The summed E-state index contributed by atoms with van der Waals surface area (Å²) in [6, 6.07) is 21.9. The molecule has 238 valence electrons. The van der Waals surface area contributed by atoms with Crippen molar-refractivity contribution in [1.29, 1.82) is 0 Å². The topological polar surface area (TPSA) is 87.0 Å². The van der Waals surface area contributed by atoms with Gasteiger partial charge in [0, 0.05) is 45.9 Å². The van der Waals surface area contributed by atoms with Gasteiger partial charge in [-0.3, -0.25) is 14.4 Å². The average Bonchev–Trinajstić information content (AvgIpc) is 3.55. The quantitative estimate of drug-likeness (QED) is 0.226. The summed E-state index contributed by atoms with van der Waals surface area (Å²) in [5.74, 6) is 0.478. The summed E-state index contributed by atoms with van der Waals surface area (Å²) in [5.41, 5.74) is 4.05. The summed E-state index contributed by atoms with van der Waals surface area (Å²) in [7, 11) is 0. The third-order valence-electron chi connectivity index (χ3n) is 9.14. The standard InChI is InChI=1S/C35H44N6O4/c1-3-11-27(12-4-1)33(28-13-5-2-6-14-28)40-19-17-39(18-20-40)23-29(45-31-16-8-10-22-43-31)24-44-35-32-34(36-25-37-35)41(26-38-32)30-15-7-9-21-42-30/h1-6,11-14,25-26,29-31,33H,7-10,15-24H2. The van der Waals surface area contributed by atoms with Crippen molar-refractivity contribution in [2.45, 2.75) is 63.2 Å². The predicted molar refractivity (Wildman–Crippen MR) is 171 cm³/mol. The van der Waals surface area contributed by atoms with Crippen molar-refractivity contribution in [3.63, 3.8) is 0 Å². The molecule has 4 aromatic rings. The Balaban J connectivity index is 1.02. The number of benzene rings is 2. The largest absolute Gasteiger partial charge is 0.473 e. The van der Waals surface area contributed by atoms with E-state index in [0.717, 1.165) is 90.1 Å². The number of rotatable bonds is 11. The van der Waals surface area contributed by atoms with Crippen LogP contribution < -0.4 is 4.74 Å². The van der Waals surface area contributed by atoms with Gasteiger partial charge in [-0.05, 0) is 49.7 Å². The van der Waals surface area contributed by atoms with Gasteiger partial charge in [-0.25, -0.2) is 9.97 Å². The number of hydrogen-bond acceptors (Lipinski definition) is 9. The SMILES string of the molecule is c1ccc(C(c2ccccc2)N2CCN(CC(COc3ncnc4c3ncn4C3CCCCO3)OC3CCCCO3)CC2)cc1. The van der Waals surface area contributed by atoms with Crippen molar-refractivity contribution in [2.75, 3.05) is 52.5 Å². The van der Waals surface area contributed by atoms with Gasteiger partial charge in [0.1, 0.15) is 25.3 Å². The van der Waals surface area contributed by atoms with Crippen molar-refractivity contribution in [1.82, 2.24) is 29.3 Å². The molecule has 10 heteroatoms. The second kappa shape index (κ2) is 14.8. The van der Waals surface area contributed by atoms with Crippen LogP contribution in [0, 0.1) is 0 Å². The molecule has 2 aromatic heterocycles. The molecule has 3 fully saturated rings. The zero-order valence-electron chi connectivity index (χ0n) is 26.0. The molecule has 3 saturated heterocycles. The minimum Gasteiger partial charge on any atom is -0.473 e. The average molecular weight is 613 g/mol. The molecule has 3 aliphatic heterocycles. The molecule has 3 unspecified atom stereocenters. The summed E-state index contributed by atoms with van der Waals surface area (Å²) in [5, 5.41) is 0. The fourth-order valence-corrected chi connectivity index (χ4v) is 6.81. The fourth-order valence-electron chi connectivity index (χ4n) is 6.81. The van der Waals surface area contributed by atoms with E-state index in [4.69, 9.17) is 18.9 Å². The van der Waals surface area contributed by atoms with Gasteiger partial charge in [-0.1, -0.05) is 60.7 Å². The highest BCUT2D eigenvalue weighted by molar-refractivity contribution is 5.76. The van der Waals surface area contributed by atoms with Crippen molar-refractivity contribution in [3.8, 4) is 5.88 Å². The van der Waals surface area contributed by atoms with E-state index in [0.29, 0.717) is 18.0 Å². The molecular formula is C35H44N6O4. The summed E-state index contributed by atoms with van der Waals surface area (Å²) in [4.78, 5) is 18.7. The Morgan fingerprint density at radius 2 is 1.49 bits per heavy atom. The Hall–Kier alpha value is -3.41. The summed E-state index contributed by atoms with van der Waals surface area (Å²) in [6.45, 7) is 6.45. The molecule has 10 nitrogen and oxygen atoms in total. The molecule has 0 bridgehead atoms. The van der Waals surface area contributed by atoms with E-state index in [-0.39, 0.29) is 24.7 Å². The Morgan fingerprint density at radius 3 is 2.16 bits per heavy atom. The van der Waals surface area contributed by atoms with Gasteiger partial charge in [-0.15, -0.1) is 0 Å². The normalized spacial score (nSPS) is 22.5. The van der Waals surface area contributed by atoms with Gasteiger partial charge >= 0.3 is 0 Å². The first-order chi connectivity index (χ1) is 22.3. The first kappa shape index (κ1) is 30.3. The van der Waals surface area contributed by atoms with Crippen molar-refractivity contribution < 1.29 is 18.9 Å². The first-order valence-electron chi connectivity index (χ1n) is 16.6. The zero-order valence-corrected chi connectivity index (χ0v) is 26.0. The number of hydrogen-bond donors (Lipinski definition) is 0. The van der Waals surface area contributed by atoms with E-state index in [9.17, 15) is 0 Å². The second-order valence-electron chi connectivity index (χ2n) is 12.2. The molecule has 0 aliphatic carbocycles. The van der Waals surface area contributed by atoms with E-state index >= 15 is 0 Å². The molecule has 0 saturated carbocycles. The van der Waals surface area contributed by atoms with E-state index < -0.39 is 0 Å². The molecule has 45 heavy (non-hydrogen) atoms.